The highest BCUT2D eigenvalue weighted by Crippen LogP contribution is 2.41. The van der Waals surface area contributed by atoms with E-state index in [-0.39, 0.29) is 23.4 Å². The lowest BCUT2D eigenvalue weighted by molar-refractivity contribution is -0.111. The van der Waals surface area contributed by atoms with Crippen molar-refractivity contribution in [1.29, 1.82) is 0 Å². The van der Waals surface area contributed by atoms with Crippen molar-refractivity contribution in [3.8, 4) is 11.5 Å². The fourth-order valence-electron chi connectivity index (χ4n) is 3.04. The van der Waals surface area contributed by atoms with Crippen molar-refractivity contribution in [2.45, 2.75) is 65.6 Å². The van der Waals surface area contributed by atoms with E-state index in [9.17, 15) is 4.79 Å². The molecule has 160 valence electrons. The summed E-state index contributed by atoms with van der Waals surface area (Å²) in [6.45, 7) is 16.1. The van der Waals surface area contributed by atoms with Crippen LogP contribution in [0.3, 0.4) is 0 Å². The highest BCUT2D eigenvalue weighted by molar-refractivity contribution is 7.80. The summed E-state index contributed by atoms with van der Waals surface area (Å²) in [4.78, 5) is 13.6. The number of thiocarbonyl (C=S) groups is 1. The van der Waals surface area contributed by atoms with Gasteiger partial charge in [-0.25, -0.2) is 0 Å². The lowest BCUT2D eigenvalue weighted by Gasteiger charge is -2.28. The molecule has 0 heterocycles. The van der Waals surface area contributed by atoms with Gasteiger partial charge in [-0.2, -0.15) is 0 Å². The SMILES string of the molecule is C=CC(C)(C)c1ccc(OC(C)C)c(C=CC(=O)C2=CCC(=S)C=C2)c1OC(C)C. The third-order valence-electron chi connectivity index (χ3n) is 4.73. The van der Waals surface area contributed by atoms with E-state index >= 15 is 0 Å². The predicted molar refractivity (Wildman–Crippen MR) is 130 cm³/mol. The molecule has 0 fully saturated rings. The molecular formula is C26H32O3S. The van der Waals surface area contributed by atoms with E-state index in [1.807, 2.05) is 58.1 Å². The Morgan fingerprint density at radius 1 is 1.13 bits per heavy atom. The second kappa shape index (κ2) is 10.0. The summed E-state index contributed by atoms with van der Waals surface area (Å²) in [5.74, 6) is 1.32. The monoisotopic (exact) mass is 424 g/mol. The Morgan fingerprint density at radius 3 is 2.33 bits per heavy atom. The van der Waals surface area contributed by atoms with Gasteiger partial charge in [0.1, 0.15) is 11.5 Å². The quantitative estimate of drug-likeness (QED) is 0.255. The van der Waals surface area contributed by atoms with Crippen molar-refractivity contribution in [1.82, 2.24) is 0 Å². The van der Waals surface area contributed by atoms with Gasteiger partial charge >= 0.3 is 0 Å². The zero-order chi connectivity index (χ0) is 22.5. The number of carbonyl (C=O) groups excluding carboxylic acids is 1. The molecule has 3 nitrogen and oxygen atoms in total. The van der Waals surface area contributed by atoms with Crippen LogP contribution in [0.1, 0.15) is 59.1 Å². The average Bonchev–Trinajstić information content (AvgIpc) is 2.66. The van der Waals surface area contributed by atoms with Crippen LogP contribution in [-0.2, 0) is 10.2 Å². The standard InChI is InChI=1S/C26H32O3S/c1-8-26(6,7)22-14-16-24(28-17(2)3)21(25(22)29-18(4)5)13-15-23(27)19-9-11-20(30)12-10-19/h8-11,13-18H,1,12H2,2-7H3. The summed E-state index contributed by atoms with van der Waals surface area (Å²) in [5, 5.41) is 0. The minimum atomic E-state index is -0.308. The fraction of sp³-hybridized carbons (Fsp3) is 0.385. The number of benzene rings is 1. The van der Waals surface area contributed by atoms with E-state index in [1.165, 1.54) is 0 Å². The molecule has 1 aromatic rings. The number of hydrogen-bond acceptors (Lipinski definition) is 4. The van der Waals surface area contributed by atoms with E-state index in [1.54, 1.807) is 18.2 Å². The Morgan fingerprint density at radius 2 is 1.80 bits per heavy atom. The number of ether oxygens (including phenoxy) is 2. The third-order valence-corrected chi connectivity index (χ3v) is 5.04. The van der Waals surface area contributed by atoms with Gasteiger partial charge in [-0.15, -0.1) is 6.58 Å². The molecular weight excluding hydrogens is 392 g/mol. The molecule has 0 bridgehead atoms. The topological polar surface area (TPSA) is 35.5 Å². The molecule has 0 aliphatic heterocycles. The summed E-state index contributed by atoms with van der Waals surface area (Å²) in [6.07, 6.45) is 11.3. The molecule has 0 radical (unpaired) electrons. The molecule has 1 aromatic carbocycles. The van der Waals surface area contributed by atoms with Crippen LogP contribution in [0, 0.1) is 0 Å². The average molecular weight is 425 g/mol. The van der Waals surface area contributed by atoms with Crippen molar-refractivity contribution in [3.63, 3.8) is 0 Å². The van der Waals surface area contributed by atoms with Crippen molar-refractivity contribution >= 4 is 28.9 Å². The summed E-state index contributed by atoms with van der Waals surface area (Å²) >= 11 is 5.16. The minimum absolute atomic E-state index is 0.0111. The molecule has 0 atom stereocenters. The highest BCUT2D eigenvalue weighted by atomic mass is 32.1. The van der Waals surface area contributed by atoms with Crippen LogP contribution < -0.4 is 9.47 Å². The number of carbonyl (C=O) groups is 1. The van der Waals surface area contributed by atoms with Gasteiger partial charge in [0.2, 0.25) is 0 Å². The zero-order valence-corrected chi connectivity index (χ0v) is 19.6. The summed E-state index contributed by atoms with van der Waals surface area (Å²) in [5.41, 5.74) is 2.09. The molecule has 0 aromatic heterocycles. The molecule has 0 spiro atoms. The van der Waals surface area contributed by atoms with Crippen LogP contribution in [0.4, 0.5) is 0 Å². The highest BCUT2D eigenvalue weighted by Gasteiger charge is 2.26. The number of ketones is 1. The van der Waals surface area contributed by atoms with Crippen molar-refractivity contribution < 1.29 is 14.3 Å². The maximum atomic E-state index is 12.7. The van der Waals surface area contributed by atoms with Crippen LogP contribution in [0.25, 0.3) is 6.08 Å². The van der Waals surface area contributed by atoms with E-state index in [2.05, 4.69) is 20.4 Å². The minimum Gasteiger partial charge on any atom is -0.490 e. The molecule has 0 unspecified atom stereocenters. The van der Waals surface area contributed by atoms with Crippen molar-refractivity contribution in [3.05, 3.63) is 65.8 Å². The van der Waals surface area contributed by atoms with Crippen LogP contribution in [0.5, 0.6) is 11.5 Å². The first-order valence-corrected chi connectivity index (χ1v) is 10.7. The van der Waals surface area contributed by atoms with E-state index in [4.69, 9.17) is 21.7 Å². The molecule has 2 rings (SSSR count). The Kier molecular flexibility index (Phi) is 7.96. The largest absolute Gasteiger partial charge is 0.490 e. The van der Waals surface area contributed by atoms with Crippen LogP contribution in [0.2, 0.25) is 0 Å². The molecule has 0 saturated carbocycles. The molecule has 1 aliphatic rings. The summed E-state index contributed by atoms with van der Waals surface area (Å²) < 4.78 is 12.3. The predicted octanol–water partition coefficient (Wildman–Crippen LogP) is 6.56. The summed E-state index contributed by atoms with van der Waals surface area (Å²) in [6, 6.07) is 3.96. The maximum Gasteiger partial charge on any atom is 0.185 e. The Labute approximate surface area is 186 Å². The second-order valence-corrected chi connectivity index (χ2v) is 9.00. The van der Waals surface area contributed by atoms with Crippen LogP contribution in [0.15, 0.2) is 54.7 Å². The fourth-order valence-corrected chi connectivity index (χ4v) is 3.19. The Hall–Kier alpha value is -2.46. The molecule has 1 aliphatic carbocycles. The number of rotatable bonds is 9. The van der Waals surface area contributed by atoms with Crippen molar-refractivity contribution in [2.24, 2.45) is 0 Å². The molecule has 0 amide bonds. The van der Waals surface area contributed by atoms with Crippen LogP contribution >= 0.6 is 12.2 Å². The van der Waals surface area contributed by atoms with Gasteiger partial charge in [0.15, 0.2) is 5.78 Å². The first-order valence-electron chi connectivity index (χ1n) is 10.3. The first kappa shape index (κ1) is 23.8. The zero-order valence-electron chi connectivity index (χ0n) is 18.8. The smallest absolute Gasteiger partial charge is 0.185 e. The normalized spacial score (nSPS) is 14.4. The first-order chi connectivity index (χ1) is 14.0. The Balaban J connectivity index is 2.58. The molecule has 30 heavy (non-hydrogen) atoms. The van der Waals surface area contributed by atoms with E-state index in [0.29, 0.717) is 23.5 Å². The molecule has 4 heteroatoms. The van der Waals surface area contributed by atoms with Gasteiger partial charge in [-0.3, -0.25) is 4.79 Å². The number of allylic oxidation sites excluding steroid dienone is 6. The molecule has 0 saturated heterocycles. The van der Waals surface area contributed by atoms with Crippen molar-refractivity contribution in [2.75, 3.05) is 0 Å². The maximum absolute atomic E-state index is 12.7. The lowest BCUT2D eigenvalue weighted by atomic mass is 9.83. The van der Waals surface area contributed by atoms with E-state index in [0.717, 1.165) is 16.0 Å². The van der Waals surface area contributed by atoms with Gasteiger partial charge < -0.3 is 9.47 Å². The van der Waals surface area contributed by atoms with Gasteiger partial charge in [0.05, 0.1) is 17.8 Å². The third kappa shape index (κ3) is 6.02. The van der Waals surface area contributed by atoms with Gasteiger partial charge in [0.25, 0.3) is 0 Å². The molecule has 0 N–H and O–H groups in total. The second-order valence-electron chi connectivity index (χ2n) is 8.47. The lowest BCUT2D eigenvalue weighted by Crippen LogP contribution is -2.19. The van der Waals surface area contributed by atoms with Gasteiger partial charge in [-0.05, 0) is 52.0 Å². The van der Waals surface area contributed by atoms with Crippen LogP contribution in [-0.4, -0.2) is 22.9 Å². The summed E-state index contributed by atoms with van der Waals surface area (Å²) in [7, 11) is 0. The van der Waals surface area contributed by atoms with Gasteiger partial charge in [0, 0.05) is 27.8 Å². The number of hydrogen-bond donors (Lipinski definition) is 0. The Bertz CT molecular complexity index is 914. The van der Waals surface area contributed by atoms with E-state index < -0.39 is 0 Å². The van der Waals surface area contributed by atoms with Gasteiger partial charge in [-0.1, -0.05) is 50.4 Å².